The lowest BCUT2D eigenvalue weighted by molar-refractivity contribution is -0.116. The van der Waals surface area contributed by atoms with Crippen LogP contribution >= 0.6 is 0 Å². The number of aromatic hydroxyl groups is 1. The fourth-order valence-corrected chi connectivity index (χ4v) is 0.956. The highest BCUT2D eigenvalue weighted by Crippen LogP contribution is 2.16. The highest BCUT2D eigenvalue weighted by Gasteiger charge is 2.02. The maximum Gasteiger partial charge on any atom is 0.164 e. The Labute approximate surface area is 69.6 Å². The topological polar surface area (TPSA) is 37.3 Å². The third-order valence-corrected chi connectivity index (χ3v) is 1.46. The molecule has 1 N–H and O–H groups in total. The van der Waals surface area contributed by atoms with Gasteiger partial charge in [-0.3, -0.25) is 4.79 Å². The van der Waals surface area contributed by atoms with Crippen molar-refractivity contribution >= 4 is 5.78 Å². The van der Waals surface area contributed by atoms with Gasteiger partial charge in [0.25, 0.3) is 0 Å². The third kappa shape index (κ3) is 2.05. The first-order chi connectivity index (χ1) is 5.59. The van der Waals surface area contributed by atoms with Crippen LogP contribution in [0.5, 0.6) is 5.75 Å². The maximum atomic E-state index is 12.5. The number of phenols is 1. The Hall–Kier alpha value is -1.38. The number of phenolic OH excluding ortho intramolecular Hbond substituents is 1. The summed E-state index contributed by atoms with van der Waals surface area (Å²) in [5.74, 6) is -1.09. The van der Waals surface area contributed by atoms with Gasteiger partial charge in [-0.15, -0.1) is 0 Å². The van der Waals surface area contributed by atoms with Crippen LogP contribution in [0.4, 0.5) is 4.39 Å². The van der Waals surface area contributed by atoms with Gasteiger partial charge in [-0.05, 0) is 24.6 Å². The zero-order valence-electron chi connectivity index (χ0n) is 6.67. The van der Waals surface area contributed by atoms with E-state index in [1.807, 2.05) is 0 Å². The van der Waals surface area contributed by atoms with Gasteiger partial charge in [-0.2, -0.15) is 0 Å². The number of carbonyl (C=O) groups excluding carboxylic acids is 1. The summed E-state index contributed by atoms with van der Waals surface area (Å²) < 4.78 is 12.5. The van der Waals surface area contributed by atoms with E-state index in [1.165, 1.54) is 19.1 Å². The Morgan fingerprint density at radius 2 is 2.25 bits per heavy atom. The summed E-state index contributed by atoms with van der Waals surface area (Å²) >= 11 is 0. The lowest BCUT2D eigenvalue weighted by Crippen LogP contribution is -1.95. The van der Waals surface area contributed by atoms with Crippen molar-refractivity contribution in [1.29, 1.82) is 0 Å². The van der Waals surface area contributed by atoms with Crippen LogP contribution < -0.4 is 0 Å². The summed E-state index contributed by atoms with van der Waals surface area (Å²) in [6, 6.07) is 3.89. The van der Waals surface area contributed by atoms with E-state index in [1.54, 1.807) is 0 Å². The molecule has 0 bridgehead atoms. The predicted octanol–water partition coefficient (Wildman–Crippen LogP) is 1.66. The van der Waals surface area contributed by atoms with Crippen molar-refractivity contribution in [3.8, 4) is 5.75 Å². The van der Waals surface area contributed by atoms with Crippen molar-refractivity contribution in [2.45, 2.75) is 13.3 Å². The molecule has 12 heavy (non-hydrogen) atoms. The Bertz CT molecular complexity index is 307. The molecular formula is C9H9FO2. The molecule has 0 unspecified atom stereocenters. The molecule has 1 rings (SSSR count). The van der Waals surface area contributed by atoms with Gasteiger partial charge < -0.3 is 5.11 Å². The van der Waals surface area contributed by atoms with Crippen LogP contribution in [0.2, 0.25) is 0 Å². The second-order valence-electron chi connectivity index (χ2n) is 2.66. The van der Waals surface area contributed by atoms with Crippen LogP contribution in [0.3, 0.4) is 0 Å². The average molecular weight is 168 g/mol. The lowest BCUT2D eigenvalue weighted by Gasteiger charge is -1.99. The van der Waals surface area contributed by atoms with Gasteiger partial charge in [0, 0.05) is 6.42 Å². The highest BCUT2D eigenvalue weighted by atomic mass is 19.1. The summed E-state index contributed by atoms with van der Waals surface area (Å²) in [5, 5.41) is 8.93. The fourth-order valence-electron chi connectivity index (χ4n) is 0.956. The Balaban J connectivity index is 2.89. The minimum Gasteiger partial charge on any atom is -0.505 e. The van der Waals surface area contributed by atoms with E-state index in [0.29, 0.717) is 5.56 Å². The zero-order chi connectivity index (χ0) is 9.14. The minimum atomic E-state index is -0.665. The van der Waals surface area contributed by atoms with Gasteiger partial charge in [0.15, 0.2) is 11.6 Å². The van der Waals surface area contributed by atoms with Gasteiger partial charge in [-0.1, -0.05) is 6.07 Å². The molecule has 1 aromatic carbocycles. The average Bonchev–Trinajstić information content (AvgIpc) is 1.96. The summed E-state index contributed by atoms with van der Waals surface area (Å²) in [6.07, 6.45) is 0.230. The molecule has 3 heteroatoms. The molecular weight excluding hydrogens is 159 g/mol. The molecule has 0 aliphatic carbocycles. The standard InChI is InChI=1S/C9H9FO2/c1-6(11)4-7-2-3-8(10)9(12)5-7/h2-3,5,12H,4H2,1H3. The Morgan fingerprint density at radius 1 is 1.58 bits per heavy atom. The maximum absolute atomic E-state index is 12.5. The third-order valence-electron chi connectivity index (χ3n) is 1.46. The van der Waals surface area contributed by atoms with Gasteiger partial charge in [0.05, 0.1) is 0 Å². The van der Waals surface area contributed by atoms with Crippen molar-refractivity contribution < 1.29 is 14.3 Å². The predicted molar refractivity (Wildman–Crippen MR) is 42.4 cm³/mol. The van der Waals surface area contributed by atoms with Gasteiger partial charge in [0.2, 0.25) is 0 Å². The molecule has 0 amide bonds. The SMILES string of the molecule is CC(=O)Cc1ccc(F)c(O)c1. The largest absolute Gasteiger partial charge is 0.505 e. The van der Waals surface area contributed by atoms with Crippen LogP contribution in [-0.2, 0) is 11.2 Å². The molecule has 2 nitrogen and oxygen atoms in total. The second-order valence-corrected chi connectivity index (χ2v) is 2.66. The van der Waals surface area contributed by atoms with Crippen LogP contribution in [0, 0.1) is 5.82 Å². The van der Waals surface area contributed by atoms with E-state index in [2.05, 4.69) is 0 Å². The molecule has 0 spiro atoms. The molecule has 1 aromatic rings. The monoisotopic (exact) mass is 168 g/mol. The Kier molecular flexibility index (Phi) is 2.43. The first kappa shape index (κ1) is 8.71. The smallest absolute Gasteiger partial charge is 0.164 e. The van der Waals surface area contributed by atoms with E-state index in [4.69, 9.17) is 5.11 Å². The molecule has 0 aromatic heterocycles. The summed E-state index contributed by atoms with van der Waals surface area (Å²) in [6.45, 7) is 1.44. The van der Waals surface area contributed by atoms with Gasteiger partial charge in [0.1, 0.15) is 5.78 Å². The van der Waals surface area contributed by atoms with E-state index < -0.39 is 11.6 Å². The number of hydrogen-bond donors (Lipinski definition) is 1. The van der Waals surface area contributed by atoms with E-state index >= 15 is 0 Å². The molecule has 0 aliphatic heterocycles. The number of halogens is 1. The van der Waals surface area contributed by atoms with Crippen molar-refractivity contribution in [2.24, 2.45) is 0 Å². The van der Waals surface area contributed by atoms with E-state index in [-0.39, 0.29) is 12.2 Å². The summed E-state index contributed by atoms with van der Waals surface area (Å²) in [7, 11) is 0. The fraction of sp³-hybridized carbons (Fsp3) is 0.222. The van der Waals surface area contributed by atoms with Gasteiger partial charge >= 0.3 is 0 Å². The number of ketones is 1. The minimum absolute atomic E-state index is 0.0130. The Morgan fingerprint density at radius 3 is 2.75 bits per heavy atom. The number of Topliss-reactive ketones (excluding diaryl/α,β-unsaturated/α-hetero) is 1. The highest BCUT2D eigenvalue weighted by molar-refractivity contribution is 5.78. The van der Waals surface area contributed by atoms with Crippen molar-refractivity contribution in [2.75, 3.05) is 0 Å². The zero-order valence-corrected chi connectivity index (χ0v) is 6.67. The van der Waals surface area contributed by atoms with Crippen molar-refractivity contribution in [1.82, 2.24) is 0 Å². The first-order valence-electron chi connectivity index (χ1n) is 3.56. The molecule has 0 fully saturated rings. The van der Waals surface area contributed by atoms with Crippen LogP contribution in [0.25, 0.3) is 0 Å². The molecule has 0 radical (unpaired) electrons. The molecule has 0 aliphatic rings. The summed E-state index contributed by atoms with van der Waals surface area (Å²) in [4.78, 5) is 10.6. The van der Waals surface area contributed by atoms with Gasteiger partial charge in [-0.25, -0.2) is 4.39 Å². The normalized spacial score (nSPS) is 9.83. The molecule has 0 saturated carbocycles. The quantitative estimate of drug-likeness (QED) is 0.729. The molecule has 0 atom stereocenters. The second kappa shape index (κ2) is 3.34. The van der Waals surface area contributed by atoms with E-state index in [9.17, 15) is 9.18 Å². The first-order valence-corrected chi connectivity index (χ1v) is 3.56. The van der Waals surface area contributed by atoms with E-state index in [0.717, 1.165) is 6.07 Å². The summed E-state index contributed by atoms with van der Waals surface area (Å²) in [5.41, 5.74) is 0.626. The number of carbonyl (C=O) groups is 1. The van der Waals surface area contributed by atoms with Crippen LogP contribution in [0.1, 0.15) is 12.5 Å². The number of rotatable bonds is 2. The molecule has 0 heterocycles. The number of hydrogen-bond acceptors (Lipinski definition) is 2. The lowest BCUT2D eigenvalue weighted by atomic mass is 10.1. The number of benzene rings is 1. The van der Waals surface area contributed by atoms with Crippen molar-refractivity contribution in [3.05, 3.63) is 29.6 Å². The molecule has 64 valence electrons. The van der Waals surface area contributed by atoms with Crippen LogP contribution in [0.15, 0.2) is 18.2 Å². The molecule has 0 saturated heterocycles. The van der Waals surface area contributed by atoms with Crippen LogP contribution in [-0.4, -0.2) is 10.9 Å². The van der Waals surface area contributed by atoms with Crippen molar-refractivity contribution in [3.63, 3.8) is 0 Å².